The lowest BCUT2D eigenvalue weighted by molar-refractivity contribution is -0.158. The maximum atomic E-state index is 13.0. The van der Waals surface area contributed by atoms with Crippen molar-refractivity contribution in [1.29, 1.82) is 0 Å². The van der Waals surface area contributed by atoms with Crippen LogP contribution in [0.25, 0.3) is 10.6 Å². The van der Waals surface area contributed by atoms with Gasteiger partial charge in [0.2, 0.25) is 0 Å². The molecule has 1 aromatic heterocycles. The highest BCUT2D eigenvalue weighted by Gasteiger charge is 2.32. The number of halogens is 3. The number of aromatic nitrogens is 1. The standard InChI is InChI=1S/C30H37F3N2O4S/c1-7-38-28(36)29(4,5)39-25-14-9-22(17-20(25)2)18-35(15-8-16-37-6)19-26-21(3)34-27(40-26)23-10-12-24(13-11-23)30(31,32)33/h9-14,17H,7-8,15-16,18-19H2,1-6H3. The molecule has 0 radical (unpaired) electrons. The molecule has 0 aliphatic carbocycles. The fraction of sp³-hybridized carbons (Fsp3) is 0.467. The molecule has 0 spiro atoms. The number of aryl methyl sites for hydroxylation is 2. The summed E-state index contributed by atoms with van der Waals surface area (Å²) in [5.41, 5.74) is 1.73. The Hall–Kier alpha value is -2.95. The number of ether oxygens (including phenoxy) is 3. The molecule has 2 aromatic carbocycles. The molecule has 0 N–H and O–H groups in total. The van der Waals surface area contributed by atoms with Crippen LogP contribution in [0.2, 0.25) is 0 Å². The van der Waals surface area contributed by atoms with E-state index in [1.807, 2.05) is 32.0 Å². The van der Waals surface area contributed by atoms with Gasteiger partial charge < -0.3 is 14.2 Å². The molecule has 3 aromatic rings. The van der Waals surface area contributed by atoms with Crippen LogP contribution in [0.15, 0.2) is 42.5 Å². The van der Waals surface area contributed by atoms with Crippen molar-refractivity contribution in [3.05, 3.63) is 69.7 Å². The Morgan fingerprint density at radius 1 is 1.05 bits per heavy atom. The van der Waals surface area contributed by atoms with Gasteiger partial charge in [0, 0.05) is 43.8 Å². The van der Waals surface area contributed by atoms with Gasteiger partial charge in [0.05, 0.1) is 17.9 Å². The van der Waals surface area contributed by atoms with Crippen molar-refractivity contribution < 1.29 is 32.2 Å². The second-order valence-electron chi connectivity index (χ2n) is 10.1. The van der Waals surface area contributed by atoms with Gasteiger partial charge in [-0.3, -0.25) is 4.90 Å². The number of carbonyl (C=O) groups excluding carboxylic acids is 1. The Morgan fingerprint density at radius 2 is 1.75 bits per heavy atom. The number of benzene rings is 2. The molecule has 0 unspecified atom stereocenters. The molecule has 0 fully saturated rings. The first kappa shape index (κ1) is 31.6. The summed E-state index contributed by atoms with van der Waals surface area (Å²) < 4.78 is 55.3. The van der Waals surface area contributed by atoms with Crippen LogP contribution in [0.3, 0.4) is 0 Å². The zero-order valence-corrected chi connectivity index (χ0v) is 24.7. The molecule has 0 atom stereocenters. The van der Waals surface area contributed by atoms with Gasteiger partial charge in [-0.25, -0.2) is 9.78 Å². The van der Waals surface area contributed by atoms with Gasteiger partial charge in [0.1, 0.15) is 10.8 Å². The minimum atomic E-state index is -4.37. The van der Waals surface area contributed by atoms with Crippen LogP contribution in [0.4, 0.5) is 13.2 Å². The van der Waals surface area contributed by atoms with Gasteiger partial charge in [-0.15, -0.1) is 11.3 Å². The van der Waals surface area contributed by atoms with E-state index < -0.39 is 23.3 Å². The van der Waals surface area contributed by atoms with E-state index in [1.165, 1.54) is 23.5 Å². The minimum Gasteiger partial charge on any atom is -0.476 e. The molecule has 218 valence electrons. The SMILES string of the molecule is CCOC(=O)C(C)(C)Oc1ccc(CN(CCCOC)Cc2sc(-c3ccc(C(F)(F)F)cc3)nc2C)cc1C. The van der Waals surface area contributed by atoms with Gasteiger partial charge in [0.25, 0.3) is 0 Å². The number of nitrogens with zero attached hydrogens (tertiary/aromatic N) is 2. The lowest BCUT2D eigenvalue weighted by Crippen LogP contribution is -2.39. The molecule has 6 nitrogen and oxygen atoms in total. The van der Waals surface area contributed by atoms with Crippen molar-refractivity contribution in [2.45, 2.75) is 65.9 Å². The number of rotatable bonds is 13. The van der Waals surface area contributed by atoms with E-state index >= 15 is 0 Å². The zero-order valence-electron chi connectivity index (χ0n) is 23.9. The number of esters is 1. The molecule has 0 aliphatic heterocycles. The van der Waals surface area contributed by atoms with Gasteiger partial charge in [-0.2, -0.15) is 13.2 Å². The first-order valence-electron chi connectivity index (χ1n) is 13.1. The molecule has 10 heteroatoms. The Morgan fingerprint density at radius 3 is 2.35 bits per heavy atom. The van der Waals surface area contributed by atoms with E-state index in [2.05, 4.69) is 9.88 Å². The van der Waals surface area contributed by atoms with Crippen LogP contribution < -0.4 is 4.74 Å². The maximum absolute atomic E-state index is 13.0. The summed E-state index contributed by atoms with van der Waals surface area (Å²) in [5.74, 6) is 0.200. The first-order valence-corrected chi connectivity index (χ1v) is 14.0. The second-order valence-corrected chi connectivity index (χ2v) is 11.2. The van der Waals surface area contributed by atoms with E-state index in [-0.39, 0.29) is 6.61 Å². The van der Waals surface area contributed by atoms with E-state index in [4.69, 9.17) is 14.2 Å². The summed E-state index contributed by atoms with van der Waals surface area (Å²) >= 11 is 1.49. The van der Waals surface area contributed by atoms with Crippen LogP contribution in [0.1, 0.15) is 54.5 Å². The molecule has 1 heterocycles. The molecule has 40 heavy (non-hydrogen) atoms. The number of hydrogen-bond acceptors (Lipinski definition) is 7. The molecular weight excluding hydrogens is 541 g/mol. The number of hydrogen-bond donors (Lipinski definition) is 0. The highest BCUT2D eigenvalue weighted by Crippen LogP contribution is 2.34. The summed E-state index contributed by atoms with van der Waals surface area (Å²) in [5, 5.41) is 0.694. The third kappa shape index (κ3) is 8.52. The van der Waals surface area contributed by atoms with Crippen LogP contribution in [-0.2, 0) is 33.5 Å². The third-order valence-corrected chi connectivity index (χ3v) is 7.51. The van der Waals surface area contributed by atoms with Crippen molar-refractivity contribution in [2.75, 3.05) is 26.9 Å². The third-order valence-electron chi connectivity index (χ3n) is 6.32. The zero-order chi connectivity index (χ0) is 29.5. The topological polar surface area (TPSA) is 60.9 Å². The average Bonchev–Trinajstić information content (AvgIpc) is 3.25. The lowest BCUT2D eigenvalue weighted by Gasteiger charge is -2.26. The Bertz CT molecular complexity index is 1270. The minimum absolute atomic E-state index is 0.285. The van der Waals surface area contributed by atoms with Crippen molar-refractivity contribution in [3.63, 3.8) is 0 Å². The largest absolute Gasteiger partial charge is 0.476 e. The lowest BCUT2D eigenvalue weighted by atomic mass is 10.1. The molecule has 0 saturated heterocycles. The smallest absolute Gasteiger partial charge is 0.416 e. The average molecular weight is 579 g/mol. The molecule has 0 saturated carbocycles. The molecule has 3 rings (SSSR count). The van der Waals surface area contributed by atoms with Crippen molar-refractivity contribution in [3.8, 4) is 16.3 Å². The molecule has 0 bridgehead atoms. The van der Waals surface area contributed by atoms with Crippen LogP contribution in [0.5, 0.6) is 5.75 Å². The highest BCUT2D eigenvalue weighted by atomic mass is 32.1. The normalized spacial score (nSPS) is 12.2. The fourth-order valence-corrected chi connectivity index (χ4v) is 5.26. The van der Waals surface area contributed by atoms with Crippen LogP contribution in [0, 0.1) is 13.8 Å². The van der Waals surface area contributed by atoms with Crippen molar-refractivity contribution in [1.82, 2.24) is 9.88 Å². The van der Waals surface area contributed by atoms with Gasteiger partial charge in [-0.05, 0) is 70.4 Å². The fourth-order valence-electron chi connectivity index (χ4n) is 4.15. The summed E-state index contributed by atoms with van der Waals surface area (Å²) in [4.78, 5) is 20.3. The summed E-state index contributed by atoms with van der Waals surface area (Å²) in [6.45, 7) is 12.0. The van der Waals surface area contributed by atoms with E-state index in [9.17, 15) is 18.0 Å². The van der Waals surface area contributed by atoms with Gasteiger partial charge in [-0.1, -0.05) is 24.3 Å². The van der Waals surface area contributed by atoms with Crippen molar-refractivity contribution >= 4 is 17.3 Å². The number of thiazole rings is 1. The van der Waals surface area contributed by atoms with E-state index in [0.29, 0.717) is 36.0 Å². The van der Waals surface area contributed by atoms with Gasteiger partial charge >= 0.3 is 12.1 Å². The summed E-state index contributed by atoms with van der Waals surface area (Å²) in [6, 6.07) is 11.0. The van der Waals surface area contributed by atoms with Crippen molar-refractivity contribution in [2.24, 2.45) is 0 Å². The maximum Gasteiger partial charge on any atom is 0.416 e. The van der Waals surface area contributed by atoms with Crippen LogP contribution in [-0.4, -0.2) is 48.3 Å². The predicted molar refractivity (Wildman–Crippen MR) is 150 cm³/mol. The monoisotopic (exact) mass is 578 g/mol. The summed E-state index contributed by atoms with van der Waals surface area (Å²) in [6.07, 6.45) is -3.53. The van der Waals surface area contributed by atoms with Crippen LogP contribution >= 0.6 is 11.3 Å². The Balaban J connectivity index is 1.76. The number of methoxy groups -OCH3 is 1. The quantitative estimate of drug-likeness (QED) is 0.158. The first-order chi connectivity index (χ1) is 18.8. The van der Waals surface area contributed by atoms with E-state index in [1.54, 1.807) is 27.9 Å². The van der Waals surface area contributed by atoms with Gasteiger partial charge in [0.15, 0.2) is 5.60 Å². The number of alkyl halides is 3. The Labute approximate surface area is 238 Å². The molecule has 0 aliphatic rings. The highest BCUT2D eigenvalue weighted by molar-refractivity contribution is 7.15. The summed E-state index contributed by atoms with van der Waals surface area (Å²) in [7, 11) is 1.67. The predicted octanol–water partition coefficient (Wildman–Crippen LogP) is 7.20. The number of carbonyl (C=O) groups is 1. The molecular formula is C30H37F3N2O4S. The van der Waals surface area contributed by atoms with E-state index in [0.717, 1.165) is 46.8 Å². The Kier molecular flexibility index (Phi) is 10.7. The second kappa shape index (κ2) is 13.6. The molecule has 0 amide bonds.